The summed E-state index contributed by atoms with van der Waals surface area (Å²) in [6, 6.07) is 2.34. The maximum atomic E-state index is 6.21. The fourth-order valence-corrected chi connectivity index (χ4v) is 3.35. The summed E-state index contributed by atoms with van der Waals surface area (Å²) in [5, 5.41) is 12.1. The number of nitrogens with two attached hydrogens (primary N) is 2. The second-order valence-electron chi connectivity index (χ2n) is 6.42. The van der Waals surface area contributed by atoms with Gasteiger partial charge >= 0.3 is 0 Å². The van der Waals surface area contributed by atoms with E-state index in [2.05, 4.69) is 15.5 Å². The van der Waals surface area contributed by atoms with Crippen molar-refractivity contribution in [1.29, 1.82) is 0 Å². The number of nitrogens with zero attached hydrogens (tertiary/aromatic N) is 5. The van der Waals surface area contributed by atoms with Gasteiger partial charge in [-0.15, -0.1) is 0 Å². The van der Waals surface area contributed by atoms with Crippen LogP contribution < -0.4 is 16.8 Å². The minimum absolute atomic E-state index is 0.344. The first kappa shape index (κ1) is 15.1. The van der Waals surface area contributed by atoms with Crippen molar-refractivity contribution in [3.05, 3.63) is 30.4 Å². The molecule has 24 heavy (non-hydrogen) atoms. The van der Waals surface area contributed by atoms with Gasteiger partial charge in [0.2, 0.25) is 0 Å². The molecular weight excluding hydrogens is 304 g/mol. The lowest BCUT2D eigenvalue weighted by Gasteiger charge is -2.28. The lowest BCUT2D eigenvalue weighted by Crippen LogP contribution is -2.42. The molecule has 4 rings (SSSR count). The summed E-state index contributed by atoms with van der Waals surface area (Å²) in [4.78, 5) is 4.87. The maximum Gasteiger partial charge on any atom is 0.165 e. The summed E-state index contributed by atoms with van der Waals surface area (Å²) < 4.78 is 3.45. The Morgan fingerprint density at radius 3 is 2.83 bits per heavy atom. The van der Waals surface area contributed by atoms with E-state index in [-0.39, 0.29) is 0 Å². The number of fused-ring (bicyclic) bond motifs is 1. The Bertz CT molecular complexity index is 856. The number of aryl methyl sites for hydroxylation is 1. The molecule has 8 heteroatoms. The van der Waals surface area contributed by atoms with Gasteiger partial charge in [0.15, 0.2) is 5.65 Å². The number of hydrogen-bond acceptors (Lipinski definition) is 6. The average molecular weight is 326 g/mol. The summed E-state index contributed by atoms with van der Waals surface area (Å²) in [5.74, 6) is 0.947. The van der Waals surface area contributed by atoms with E-state index in [1.807, 2.05) is 25.5 Å². The van der Waals surface area contributed by atoms with Gasteiger partial charge in [-0.3, -0.25) is 4.68 Å². The fourth-order valence-electron chi connectivity index (χ4n) is 3.35. The molecular formula is C16H22N8. The average Bonchev–Trinajstić information content (AvgIpc) is 3.21. The molecule has 0 saturated carbocycles. The molecule has 2 atom stereocenters. The quantitative estimate of drug-likeness (QED) is 0.646. The van der Waals surface area contributed by atoms with E-state index in [0.717, 1.165) is 41.9 Å². The van der Waals surface area contributed by atoms with E-state index in [1.165, 1.54) is 0 Å². The molecule has 4 heterocycles. The van der Waals surface area contributed by atoms with E-state index >= 15 is 0 Å². The molecule has 0 aliphatic carbocycles. The van der Waals surface area contributed by atoms with Gasteiger partial charge in [0.1, 0.15) is 5.82 Å². The number of piperidine rings is 1. The largest absolute Gasteiger partial charge is 0.384 e. The van der Waals surface area contributed by atoms with Crippen molar-refractivity contribution in [3.63, 3.8) is 0 Å². The monoisotopic (exact) mass is 326 g/mol. The third kappa shape index (κ3) is 2.53. The zero-order valence-corrected chi connectivity index (χ0v) is 13.7. The van der Waals surface area contributed by atoms with Crippen molar-refractivity contribution < 1.29 is 0 Å². The smallest absolute Gasteiger partial charge is 0.165 e. The second kappa shape index (κ2) is 5.88. The lowest BCUT2D eigenvalue weighted by atomic mass is 9.92. The van der Waals surface area contributed by atoms with Gasteiger partial charge in [-0.2, -0.15) is 14.7 Å². The molecule has 0 aromatic carbocycles. The number of aromatic nitrogens is 5. The standard InChI is InChI=1S/C16H22N8/c1-23-9-11(7-20-23)13-8-21-24-15(18)4-14(22-16(13)24)10-2-3-12(5-17)19-6-10/h4,7-10,12,19H,2-3,5-6,17-18H2,1H3/t10-,12-/m0/s1. The van der Waals surface area contributed by atoms with Crippen LogP contribution in [0.3, 0.4) is 0 Å². The van der Waals surface area contributed by atoms with Crippen LogP contribution in [-0.2, 0) is 7.05 Å². The molecule has 1 saturated heterocycles. The van der Waals surface area contributed by atoms with Gasteiger partial charge in [-0.1, -0.05) is 0 Å². The molecule has 1 aliphatic rings. The highest BCUT2D eigenvalue weighted by Gasteiger charge is 2.23. The van der Waals surface area contributed by atoms with E-state index in [9.17, 15) is 0 Å². The first-order valence-corrected chi connectivity index (χ1v) is 8.22. The third-order valence-electron chi connectivity index (χ3n) is 4.75. The predicted molar refractivity (Wildman–Crippen MR) is 92.4 cm³/mol. The Hall–Kier alpha value is -2.45. The Morgan fingerprint density at radius 2 is 2.17 bits per heavy atom. The zero-order valence-electron chi connectivity index (χ0n) is 13.7. The Labute approximate surface area is 139 Å². The Morgan fingerprint density at radius 1 is 1.29 bits per heavy atom. The van der Waals surface area contributed by atoms with Crippen molar-refractivity contribution >= 4 is 11.5 Å². The van der Waals surface area contributed by atoms with Crippen LogP contribution in [0.25, 0.3) is 16.8 Å². The predicted octanol–water partition coefficient (Wildman–Crippen LogP) is 0.506. The Balaban J connectivity index is 1.73. The van der Waals surface area contributed by atoms with Crippen molar-refractivity contribution in [1.82, 2.24) is 29.7 Å². The van der Waals surface area contributed by atoms with Gasteiger partial charge in [-0.25, -0.2) is 4.98 Å². The molecule has 8 nitrogen and oxygen atoms in total. The number of hydrogen-bond donors (Lipinski definition) is 3. The number of nitrogen functional groups attached to an aromatic ring is 1. The van der Waals surface area contributed by atoms with Crippen LogP contribution in [0.4, 0.5) is 5.82 Å². The number of anilines is 1. The fraction of sp³-hybridized carbons (Fsp3) is 0.438. The van der Waals surface area contributed by atoms with Crippen molar-refractivity contribution in [3.8, 4) is 11.1 Å². The van der Waals surface area contributed by atoms with Crippen LogP contribution in [0.1, 0.15) is 24.5 Å². The zero-order chi connectivity index (χ0) is 16.7. The summed E-state index contributed by atoms with van der Waals surface area (Å²) in [6.45, 7) is 1.55. The molecule has 0 bridgehead atoms. The molecule has 1 aliphatic heterocycles. The van der Waals surface area contributed by atoms with Gasteiger partial charge in [0, 0.05) is 55.5 Å². The van der Waals surface area contributed by atoms with Crippen LogP contribution in [0.15, 0.2) is 24.7 Å². The van der Waals surface area contributed by atoms with Crippen LogP contribution in [-0.4, -0.2) is 43.5 Å². The molecule has 5 N–H and O–H groups in total. The maximum absolute atomic E-state index is 6.21. The van der Waals surface area contributed by atoms with Gasteiger partial charge in [0.25, 0.3) is 0 Å². The number of nitrogens with one attached hydrogen (secondary N) is 1. The topological polar surface area (TPSA) is 112 Å². The minimum Gasteiger partial charge on any atom is -0.384 e. The molecule has 0 unspecified atom stereocenters. The molecule has 0 amide bonds. The highest BCUT2D eigenvalue weighted by Crippen LogP contribution is 2.29. The van der Waals surface area contributed by atoms with Crippen LogP contribution >= 0.6 is 0 Å². The van der Waals surface area contributed by atoms with Crippen molar-refractivity contribution in [2.75, 3.05) is 18.8 Å². The highest BCUT2D eigenvalue weighted by molar-refractivity contribution is 5.77. The van der Waals surface area contributed by atoms with Gasteiger partial charge < -0.3 is 16.8 Å². The molecule has 0 radical (unpaired) electrons. The first-order chi connectivity index (χ1) is 11.7. The SMILES string of the molecule is Cn1cc(-c2cnn3c(N)cc([C@H]4CC[C@@H](CN)NC4)nc23)cn1. The Kier molecular flexibility index (Phi) is 3.70. The summed E-state index contributed by atoms with van der Waals surface area (Å²) in [7, 11) is 1.89. The van der Waals surface area contributed by atoms with Crippen LogP contribution in [0.2, 0.25) is 0 Å². The summed E-state index contributed by atoms with van der Waals surface area (Å²) in [6.07, 6.45) is 7.69. The first-order valence-electron chi connectivity index (χ1n) is 8.22. The number of rotatable bonds is 3. The highest BCUT2D eigenvalue weighted by atomic mass is 15.3. The normalized spacial score (nSPS) is 21.4. The third-order valence-corrected chi connectivity index (χ3v) is 4.75. The van der Waals surface area contributed by atoms with Crippen molar-refractivity contribution in [2.24, 2.45) is 12.8 Å². The van der Waals surface area contributed by atoms with Crippen LogP contribution in [0, 0.1) is 0 Å². The van der Waals surface area contributed by atoms with Crippen molar-refractivity contribution in [2.45, 2.75) is 24.8 Å². The lowest BCUT2D eigenvalue weighted by molar-refractivity contribution is 0.367. The van der Waals surface area contributed by atoms with E-state index < -0.39 is 0 Å². The van der Waals surface area contributed by atoms with E-state index in [4.69, 9.17) is 16.5 Å². The van der Waals surface area contributed by atoms with Gasteiger partial charge in [0.05, 0.1) is 18.1 Å². The van der Waals surface area contributed by atoms with Gasteiger partial charge in [-0.05, 0) is 12.8 Å². The molecule has 3 aromatic rings. The molecule has 126 valence electrons. The summed E-state index contributed by atoms with van der Waals surface area (Å²) in [5.41, 5.74) is 15.7. The summed E-state index contributed by atoms with van der Waals surface area (Å²) >= 11 is 0. The van der Waals surface area contributed by atoms with Crippen LogP contribution in [0.5, 0.6) is 0 Å². The van der Waals surface area contributed by atoms with E-state index in [0.29, 0.717) is 24.3 Å². The minimum atomic E-state index is 0.344. The molecule has 1 fully saturated rings. The second-order valence-corrected chi connectivity index (χ2v) is 6.42. The molecule has 3 aromatic heterocycles. The molecule has 0 spiro atoms. The van der Waals surface area contributed by atoms with E-state index in [1.54, 1.807) is 15.4 Å².